The van der Waals surface area contributed by atoms with Gasteiger partial charge in [-0.1, -0.05) is 42.1 Å². The molecule has 2 aliphatic heterocycles. The van der Waals surface area contributed by atoms with E-state index in [2.05, 4.69) is 5.32 Å². The molecule has 1 aromatic carbocycles. The van der Waals surface area contributed by atoms with E-state index < -0.39 is 5.18 Å². The summed E-state index contributed by atoms with van der Waals surface area (Å²) in [6.45, 7) is -0.173. The van der Waals surface area contributed by atoms with Gasteiger partial charge < -0.3 is 15.2 Å². The largest absolute Gasteiger partial charge is 0.394 e. The molecule has 1 saturated heterocycles. The first-order valence-electron chi connectivity index (χ1n) is 6.48. The molecule has 21 heavy (non-hydrogen) atoms. The minimum Gasteiger partial charge on any atom is -0.394 e. The number of carbonyl (C=O) groups is 2. The fourth-order valence-electron chi connectivity index (χ4n) is 2.35. The highest BCUT2D eigenvalue weighted by molar-refractivity contribution is 8.03. The summed E-state index contributed by atoms with van der Waals surface area (Å²) < 4.78 is 5.57. The number of aliphatic hydroxyl groups is 1. The molecule has 110 valence electrons. The Kier molecular flexibility index (Phi) is 3.71. The summed E-state index contributed by atoms with van der Waals surface area (Å²) in [5.74, 6) is -0.707. The van der Waals surface area contributed by atoms with Crippen molar-refractivity contribution in [2.45, 2.75) is 11.6 Å². The van der Waals surface area contributed by atoms with Gasteiger partial charge in [-0.15, -0.1) is 0 Å². The van der Waals surface area contributed by atoms with Crippen LogP contribution in [0.5, 0.6) is 0 Å². The molecule has 0 saturated carbocycles. The molecule has 2 N–H and O–H groups in total. The Bertz CT molecular complexity index is 604. The van der Waals surface area contributed by atoms with Gasteiger partial charge in [0.05, 0.1) is 18.9 Å². The second-order valence-electron chi connectivity index (χ2n) is 4.59. The predicted molar refractivity (Wildman–Crippen MR) is 77.4 cm³/mol. The molecular formula is C14H14N2O4S. The van der Waals surface area contributed by atoms with Crippen LogP contribution in [0.1, 0.15) is 12.0 Å². The van der Waals surface area contributed by atoms with Crippen LogP contribution >= 0.6 is 11.8 Å². The topological polar surface area (TPSA) is 78.9 Å². The molecule has 7 heteroatoms. The van der Waals surface area contributed by atoms with Crippen LogP contribution in [0.2, 0.25) is 0 Å². The van der Waals surface area contributed by atoms with Crippen molar-refractivity contribution in [1.82, 2.24) is 10.2 Å². The van der Waals surface area contributed by atoms with E-state index in [1.165, 1.54) is 16.7 Å². The monoisotopic (exact) mass is 306 g/mol. The Labute approximate surface area is 125 Å². The quantitative estimate of drug-likeness (QED) is 0.801. The van der Waals surface area contributed by atoms with Gasteiger partial charge in [0.1, 0.15) is 6.42 Å². The number of aliphatic hydroxyl groups excluding tert-OH is 1. The van der Waals surface area contributed by atoms with Crippen molar-refractivity contribution in [3.05, 3.63) is 41.3 Å². The van der Waals surface area contributed by atoms with Crippen molar-refractivity contribution in [2.24, 2.45) is 0 Å². The van der Waals surface area contributed by atoms with Crippen LogP contribution in [0, 0.1) is 0 Å². The van der Waals surface area contributed by atoms with Gasteiger partial charge in [0, 0.05) is 5.41 Å². The van der Waals surface area contributed by atoms with E-state index in [0.717, 1.165) is 5.56 Å². The molecule has 0 radical (unpaired) electrons. The van der Waals surface area contributed by atoms with Crippen molar-refractivity contribution in [2.75, 3.05) is 13.2 Å². The maximum atomic E-state index is 12.3. The summed E-state index contributed by atoms with van der Waals surface area (Å²) in [7, 11) is 0. The number of hydrogen-bond acceptors (Lipinski definition) is 5. The zero-order valence-electron chi connectivity index (χ0n) is 11.1. The highest BCUT2D eigenvalue weighted by atomic mass is 32.2. The van der Waals surface area contributed by atoms with Crippen LogP contribution in [0.4, 0.5) is 0 Å². The molecule has 0 aromatic heterocycles. The van der Waals surface area contributed by atoms with Crippen molar-refractivity contribution in [3.8, 4) is 0 Å². The number of amides is 2. The van der Waals surface area contributed by atoms with Crippen molar-refractivity contribution >= 4 is 29.3 Å². The van der Waals surface area contributed by atoms with Crippen LogP contribution in [-0.2, 0) is 14.3 Å². The summed E-state index contributed by atoms with van der Waals surface area (Å²) >= 11 is 1.20. The molecule has 0 spiro atoms. The summed E-state index contributed by atoms with van der Waals surface area (Å²) in [6.07, 6.45) is -0.213. The molecule has 2 heterocycles. The zero-order chi connectivity index (χ0) is 14.9. The molecule has 0 aliphatic carbocycles. The molecule has 1 aromatic rings. The van der Waals surface area contributed by atoms with Gasteiger partial charge in [0.2, 0.25) is 11.8 Å². The number of thioether (sulfide) groups is 1. The van der Waals surface area contributed by atoms with Crippen LogP contribution in [0.3, 0.4) is 0 Å². The van der Waals surface area contributed by atoms with Gasteiger partial charge >= 0.3 is 0 Å². The van der Waals surface area contributed by atoms with E-state index in [-0.39, 0.29) is 31.4 Å². The first-order chi connectivity index (χ1) is 10.2. The van der Waals surface area contributed by atoms with Crippen LogP contribution < -0.4 is 5.32 Å². The fourth-order valence-corrected chi connectivity index (χ4v) is 3.49. The molecule has 1 atom stereocenters. The first-order valence-corrected chi connectivity index (χ1v) is 7.36. The third-order valence-corrected chi connectivity index (χ3v) is 4.25. The summed E-state index contributed by atoms with van der Waals surface area (Å²) in [5.41, 5.74) is 1.55. The number of hydrogen-bond donors (Lipinski definition) is 2. The minimum absolute atomic E-state index is 0.0208. The first kappa shape index (κ1) is 14.1. The van der Waals surface area contributed by atoms with E-state index in [0.29, 0.717) is 5.70 Å². The lowest BCUT2D eigenvalue weighted by atomic mass is 10.1. The van der Waals surface area contributed by atoms with E-state index in [1.54, 1.807) is 5.41 Å². The van der Waals surface area contributed by atoms with Gasteiger partial charge in [-0.2, -0.15) is 0 Å². The number of nitrogens with zero attached hydrogens (tertiary/aromatic N) is 1. The highest BCUT2D eigenvalue weighted by Crippen LogP contribution is 2.45. The van der Waals surface area contributed by atoms with Crippen molar-refractivity contribution in [1.29, 1.82) is 0 Å². The Hall–Kier alpha value is -1.83. The van der Waals surface area contributed by atoms with Gasteiger partial charge in [-0.25, -0.2) is 0 Å². The maximum absolute atomic E-state index is 12.3. The van der Waals surface area contributed by atoms with Crippen molar-refractivity contribution < 1.29 is 19.4 Å². The molecule has 0 bridgehead atoms. The Morgan fingerprint density at radius 3 is 2.81 bits per heavy atom. The second-order valence-corrected chi connectivity index (χ2v) is 5.62. The molecule has 6 nitrogen and oxygen atoms in total. The summed E-state index contributed by atoms with van der Waals surface area (Å²) in [6, 6.07) is 9.42. The molecule has 3 rings (SSSR count). The third-order valence-electron chi connectivity index (χ3n) is 3.18. The summed E-state index contributed by atoms with van der Waals surface area (Å²) in [4.78, 5) is 25.4. The molecule has 1 fully saturated rings. The number of carbonyl (C=O) groups excluding carboxylic acids is 2. The normalized spacial score (nSPS) is 24.6. The fraction of sp³-hybridized carbons (Fsp3) is 0.286. The van der Waals surface area contributed by atoms with Crippen LogP contribution in [-0.4, -0.2) is 40.2 Å². The summed E-state index contributed by atoms with van der Waals surface area (Å²) in [5, 5.41) is 12.2. The number of fused-ring (bicyclic) bond motifs is 1. The van der Waals surface area contributed by atoms with Crippen molar-refractivity contribution in [3.63, 3.8) is 0 Å². The highest BCUT2D eigenvalue weighted by Gasteiger charge is 2.52. The van der Waals surface area contributed by atoms with Gasteiger partial charge in [0.25, 0.3) is 5.18 Å². The lowest BCUT2D eigenvalue weighted by molar-refractivity contribution is -0.163. The van der Waals surface area contributed by atoms with E-state index in [4.69, 9.17) is 9.84 Å². The van der Waals surface area contributed by atoms with Gasteiger partial charge in [0.15, 0.2) is 0 Å². The Morgan fingerprint density at radius 1 is 1.33 bits per heavy atom. The number of ether oxygens (including phenoxy) is 1. The third kappa shape index (κ3) is 2.44. The predicted octanol–water partition coefficient (Wildman–Crippen LogP) is 0.700. The molecule has 2 amide bonds. The van der Waals surface area contributed by atoms with Crippen LogP contribution in [0.15, 0.2) is 35.7 Å². The smallest absolute Gasteiger partial charge is 0.284 e. The second kappa shape index (κ2) is 5.51. The number of nitrogens with one attached hydrogen (secondary N) is 1. The van der Waals surface area contributed by atoms with E-state index in [9.17, 15) is 9.59 Å². The average Bonchev–Trinajstić information content (AvgIpc) is 2.86. The molecular weight excluding hydrogens is 292 g/mol. The van der Waals surface area contributed by atoms with E-state index in [1.807, 2.05) is 30.3 Å². The number of benzene rings is 1. The maximum Gasteiger partial charge on any atom is 0.284 e. The van der Waals surface area contributed by atoms with Gasteiger partial charge in [-0.05, 0) is 5.56 Å². The standard InChI is InChI=1S/C14H14N2O4S/c17-6-7-20-14-15-12(18)8-13(19)16(14)11(9-21-14)10-4-2-1-3-5-10/h1-5,9,17H,6-8H2,(H,15,18)/t14-/m0/s1. The van der Waals surface area contributed by atoms with E-state index >= 15 is 0 Å². The lowest BCUT2D eigenvalue weighted by Gasteiger charge is -2.41. The number of rotatable bonds is 4. The van der Waals surface area contributed by atoms with Crippen LogP contribution in [0.25, 0.3) is 5.70 Å². The molecule has 0 unspecified atom stereocenters. The SMILES string of the molecule is O=C1CC(=O)N2C(c3ccccc3)=CS[C@@]2(OCCO)N1. The molecule has 2 aliphatic rings. The Morgan fingerprint density at radius 2 is 2.10 bits per heavy atom. The zero-order valence-corrected chi connectivity index (χ0v) is 11.9. The lowest BCUT2D eigenvalue weighted by Crippen LogP contribution is -2.63. The minimum atomic E-state index is -1.29. The van der Waals surface area contributed by atoms with Gasteiger partial charge in [-0.3, -0.25) is 14.5 Å². The Balaban J connectivity index is 1.96. The average molecular weight is 306 g/mol.